The number of hydrogen-bond acceptors (Lipinski definition) is 2. The van der Waals surface area contributed by atoms with Crippen molar-refractivity contribution in [1.82, 2.24) is 15.1 Å². The Morgan fingerprint density at radius 1 is 0.966 bits per heavy atom. The lowest BCUT2D eigenvalue weighted by Crippen LogP contribution is -2.33. The summed E-state index contributed by atoms with van der Waals surface area (Å²) in [5.74, 6) is -0.0830. The molecular formula is C24H22ClN3O. The predicted octanol–water partition coefficient (Wildman–Crippen LogP) is 5.80. The number of carbonyl (C=O) groups is 1. The monoisotopic (exact) mass is 403 g/mol. The van der Waals surface area contributed by atoms with Crippen LogP contribution in [0.15, 0.2) is 78.9 Å². The molecule has 3 aromatic carbocycles. The minimum atomic E-state index is -0.470. The smallest absolute Gasteiger partial charge is 0.245 e. The van der Waals surface area contributed by atoms with E-state index < -0.39 is 6.04 Å². The molecule has 1 N–H and O–H groups in total. The third kappa shape index (κ3) is 3.89. The van der Waals surface area contributed by atoms with Crippen molar-refractivity contribution < 1.29 is 4.79 Å². The summed E-state index contributed by atoms with van der Waals surface area (Å²) < 4.78 is 1.78. The first-order valence-electron chi connectivity index (χ1n) is 9.63. The minimum Gasteiger partial charge on any atom is -0.348 e. The lowest BCUT2D eigenvalue weighted by Gasteiger charge is -2.19. The van der Waals surface area contributed by atoms with Crippen LogP contribution in [0, 0.1) is 0 Å². The van der Waals surface area contributed by atoms with E-state index in [1.165, 1.54) is 0 Å². The second-order valence-corrected chi connectivity index (χ2v) is 7.57. The average molecular weight is 404 g/mol. The molecule has 0 spiro atoms. The van der Waals surface area contributed by atoms with Gasteiger partial charge in [0.1, 0.15) is 11.7 Å². The van der Waals surface area contributed by atoms with E-state index in [0.29, 0.717) is 5.02 Å². The Morgan fingerprint density at radius 2 is 1.62 bits per heavy atom. The van der Waals surface area contributed by atoms with Gasteiger partial charge in [0, 0.05) is 16.0 Å². The number of halogens is 1. The van der Waals surface area contributed by atoms with Crippen molar-refractivity contribution in [3.63, 3.8) is 0 Å². The zero-order valence-electron chi connectivity index (χ0n) is 16.3. The summed E-state index contributed by atoms with van der Waals surface area (Å²) in [6, 6.07) is 25.0. The number of amides is 1. The number of nitrogens with one attached hydrogen (secondary N) is 1. The number of hydrogen-bond donors (Lipinski definition) is 1. The Morgan fingerprint density at radius 3 is 2.31 bits per heavy atom. The van der Waals surface area contributed by atoms with Crippen molar-refractivity contribution in [2.24, 2.45) is 0 Å². The van der Waals surface area contributed by atoms with Crippen molar-refractivity contribution in [2.75, 3.05) is 0 Å². The molecule has 146 valence electrons. The zero-order valence-corrected chi connectivity index (χ0v) is 17.1. The minimum absolute atomic E-state index is 0.0830. The van der Waals surface area contributed by atoms with Gasteiger partial charge in [0.25, 0.3) is 0 Å². The fraction of sp³-hybridized carbons (Fsp3) is 0.167. The van der Waals surface area contributed by atoms with Gasteiger partial charge in [-0.25, -0.2) is 0 Å². The fourth-order valence-corrected chi connectivity index (χ4v) is 3.66. The van der Waals surface area contributed by atoms with Gasteiger partial charge in [-0.15, -0.1) is 0 Å². The van der Waals surface area contributed by atoms with Gasteiger partial charge in [-0.1, -0.05) is 72.3 Å². The third-order valence-corrected chi connectivity index (χ3v) is 5.36. The van der Waals surface area contributed by atoms with Crippen molar-refractivity contribution >= 4 is 28.4 Å². The summed E-state index contributed by atoms with van der Waals surface area (Å²) in [5, 5.41) is 9.47. The van der Waals surface area contributed by atoms with Gasteiger partial charge in [-0.3, -0.25) is 9.48 Å². The molecule has 5 heteroatoms. The summed E-state index contributed by atoms with van der Waals surface area (Å²) in [6.45, 7) is 3.85. The molecule has 0 aliphatic carbocycles. The van der Waals surface area contributed by atoms with E-state index in [1.54, 1.807) is 4.68 Å². The number of rotatable bonds is 5. The second-order valence-electron chi connectivity index (χ2n) is 7.14. The highest BCUT2D eigenvalue weighted by atomic mass is 35.5. The fourth-order valence-electron chi connectivity index (χ4n) is 3.49. The van der Waals surface area contributed by atoms with Crippen molar-refractivity contribution in [3.05, 3.63) is 89.4 Å². The van der Waals surface area contributed by atoms with Crippen LogP contribution in [0.2, 0.25) is 5.02 Å². The van der Waals surface area contributed by atoms with Crippen LogP contribution in [-0.4, -0.2) is 15.7 Å². The van der Waals surface area contributed by atoms with Crippen LogP contribution in [0.3, 0.4) is 0 Å². The summed E-state index contributed by atoms with van der Waals surface area (Å²) in [4.78, 5) is 13.0. The number of aromatic nitrogens is 2. The largest absolute Gasteiger partial charge is 0.348 e. The standard InChI is InChI=1S/C24H22ClN3O/c1-16(18-9-5-3-6-10-18)26-24(29)17(2)28-22-14-13-20(25)15-21(22)23(27-28)19-11-7-4-8-12-19/h3-17H,1-2H3,(H,26,29)/t16-,17-/m0/s1. The number of fused-ring (bicyclic) bond motifs is 1. The van der Waals surface area contributed by atoms with Crippen LogP contribution in [0.25, 0.3) is 22.2 Å². The van der Waals surface area contributed by atoms with E-state index in [-0.39, 0.29) is 11.9 Å². The highest BCUT2D eigenvalue weighted by Gasteiger charge is 2.22. The summed E-state index contributed by atoms with van der Waals surface area (Å²) >= 11 is 6.25. The Hall–Kier alpha value is -3.11. The van der Waals surface area contributed by atoms with Crippen LogP contribution in [0.5, 0.6) is 0 Å². The van der Waals surface area contributed by atoms with Crippen LogP contribution in [0.4, 0.5) is 0 Å². The molecule has 0 unspecified atom stereocenters. The molecule has 0 radical (unpaired) electrons. The molecule has 1 aromatic heterocycles. The van der Waals surface area contributed by atoms with Crippen LogP contribution in [0.1, 0.15) is 31.5 Å². The molecule has 29 heavy (non-hydrogen) atoms. The number of nitrogens with zero attached hydrogens (tertiary/aromatic N) is 2. The molecule has 4 nitrogen and oxygen atoms in total. The van der Waals surface area contributed by atoms with Crippen LogP contribution >= 0.6 is 11.6 Å². The maximum absolute atomic E-state index is 13.0. The lowest BCUT2D eigenvalue weighted by atomic mass is 10.1. The Balaban J connectivity index is 1.69. The summed E-state index contributed by atoms with van der Waals surface area (Å²) in [7, 11) is 0. The molecule has 2 atom stereocenters. The Kier molecular flexibility index (Phi) is 5.36. The first-order valence-corrected chi connectivity index (χ1v) is 10.0. The quantitative estimate of drug-likeness (QED) is 0.458. The lowest BCUT2D eigenvalue weighted by molar-refractivity contribution is -0.124. The van der Waals surface area contributed by atoms with Gasteiger partial charge in [-0.05, 0) is 37.6 Å². The van der Waals surface area contributed by atoms with Crippen molar-refractivity contribution in [1.29, 1.82) is 0 Å². The maximum Gasteiger partial charge on any atom is 0.245 e. The van der Waals surface area contributed by atoms with E-state index in [0.717, 1.165) is 27.7 Å². The van der Waals surface area contributed by atoms with E-state index in [9.17, 15) is 4.79 Å². The van der Waals surface area contributed by atoms with E-state index in [1.807, 2.05) is 92.7 Å². The predicted molar refractivity (Wildman–Crippen MR) is 118 cm³/mol. The highest BCUT2D eigenvalue weighted by Crippen LogP contribution is 2.31. The first kappa shape index (κ1) is 19.2. The van der Waals surface area contributed by atoms with Crippen molar-refractivity contribution in [2.45, 2.75) is 25.9 Å². The van der Waals surface area contributed by atoms with Crippen LogP contribution in [-0.2, 0) is 4.79 Å². The molecule has 0 saturated heterocycles. The first-order chi connectivity index (χ1) is 14.0. The topological polar surface area (TPSA) is 46.9 Å². The van der Waals surface area contributed by atoms with Crippen LogP contribution < -0.4 is 5.32 Å². The highest BCUT2D eigenvalue weighted by molar-refractivity contribution is 6.31. The molecule has 0 aliphatic rings. The molecule has 0 fully saturated rings. The van der Waals surface area contributed by atoms with Crippen molar-refractivity contribution in [3.8, 4) is 11.3 Å². The molecule has 0 saturated carbocycles. The molecule has 1 amide bonds. The van der Waals surface area contributed by atoms with E-state index in [4.69, 9.17) is 16.7 Å². The summed E-state index contributed by atoms with van der Waals surface area (Å²) in [5.41, 5.74) is 3.75. The van der Waals surface area contributed by atoms with Gasteiger partial charge in [-0.2, -0.15) is 5.10 Å². The SMILES string of the molecule is C[C@H](NC(=O)[C@H](C)n1nc(-c2ccccc2)c2cc(Cl)ccc21)c1ccccc1. The average Bonchev–Trinajstić information content (AvgIpc) is 3.13. The molecule has 4 rings (SSSR count). The molecule has 0 aliphatic heterocycles. The van der Waals surface area contributed by atoms with E-state index >= 15 is 0 Å². The number of carbonyl (C=O) groups excluding carboxylic acids is 1. The Bertz CT molecular complexity index is 1140. The zero-order chi connectivity index (χ0) is 20.4. The molecule has 0 bridgehead atoms. The van der Waals surface area contributed by atoms with E-state index in [2.05, 4.69) is 5.32 Å². The molecule has 4 aromatic rings. The normalized spacial score (nSPS) is 13.2. The van der Waals surface area contributed by atoms with Gasteiger partial charge in [0.05, 0.1) is 11.6 Å². The van der Waals surface area contributed by atoms with Gasteiger partial charge >= 0.3 is 0 Å². The molecule has 1 heterocycles. The van der Waals surface area contributed by atoms with Gasteiger partial charge in [0.2, 0.25) is 5.91 Å². The van der Waals surface area contributed by atoms with Gasteiger partial charge < -0.3 is 5.32 Å². The summed E-state index contributed by atoms with van der Waals surface area (Å²) in [6.07, 6.45) is 0. The maximum atomic E-state index is 13.0. The molecular weight excluding hydrogens is 382 g/mol. The Labute approximate surface area is 175 Å². The number of benzene rings is 3. The van der Waals surface area contributed by atoms with Gasteiger partial charge in [0.15, 0.2) is 0 Å². The third-order valence-electron chi connectivity index (χ3n) is 5.12. The second kappa shape index (κ2) is 8.10.